The van der Waals surface area contributed by atoms with Gasteiger partial charge in [0.1, 0.15) is 0 Å². The number of halogens is 1. The fourth-order valence-corrected chi connectivity index (χ4v) is 4.01. The van der Waals surface area contributed by atoms with Gasteiger partial charge < -0.3 is 10.6 Å². The van der Waals surface area contributed by atoms with E-state index in [1.165, 1.54) is 12.0 Å². The van der Waals surface area contributed by atoms with E-state index in [1.807, 2.05) is 41.5 Å². The molecule has 0 amide bonds. The van der Waals surface area contributed by atoms with E-state index in [0.29, 0.717) is 6.04 Å². The minimum atomic E-state index is 0. The molecule has 144 valence electrons. The molecule has 0 bridgehead atoms. The van der Waals surface area contributed by atoms with Crippen LogP contribution in [0.5, 0.6) is 0 Å². The van der Waals surface area contributed by atoms with Crippen molar-refractivity contribution in [1.29, 1.82) is 0 Å². The molecular weight excluding hydrogens is 459 g/mol. The van der Waals surface area contributed by atoms with Crippen LogP contribution in [0, 0.1) is 0 Å². The number of thiophene rings is 1. The summed E-state index contributed by atoms with van der Waals surface area (Å²) < 4.78 is 1.95. The Kier molecular flexibility index (Phi) is 8.86. The van der Waals surface area contributed by atoms with Gasteiger partial charge in [-0.25, -0.2) is 0 Å². The molecule has 1 aliphatic heterocycles. The molecule has 0 aromatic carbocycles. The number of guanidine groups is 1. The van der Waals surface area contributed by atoms with E-state index in [0.717, 1.165) is 45.1 Å². The summed E-state index contributed by atoms with van der Waals surface area (Å²) >= 11 is 1.89. The van der Waals surface area contributed by atoms with Crippen molar-refractivity contribution in [1.82, 2.24) is 25.3 Å². The minimum Gasteiger partial charge on any atom is -0.356 e. The van der Waals surface area contributed by atoms with Crippen LogP contribution in [0.25, 0.3) is 0 Å². The largest absolute Gasteiger partial charge is 0.356 e. The fraction of sp³-hybridized carbons (Fsp3) is 0.556. The number of hydrogen-bond donors (Lipinski definition) is 2. The lowest BCUT2D eigenvalue weighted by Gasteiger charge is -2.32. The smallest absolute Gasteiger partial charge is 0.191 e. The van der Waals surface area contributed by atoms with Gasteiger partial charge in [-0.05, 0) is 42.8 Å². The predicted octanol–water partition coefficient (Wildman–Crippen LogP) is 2.56. The third-order valence-corrected chi connectivity index (χ3v) is 5.69. The van der Waals surface area contributed by atoms with E-state index in [4.69, 9.17) is 0 Å². The van der Waals surface area contributed by atoms with Gasteiger partial charge >= 0.3 is 0 Å². The van der Waals surface area contributed by atoms with Crippen LogP contribution in [-0.4, -0.2) is 53.4 Å². The molecule has 0 aliphatic carbocycles. The van der Waals surface area contributed by atoms with Crippen LogP contribution in [0.3, 0.4) is 0 Å². The van der Waals surface area contributed by atoms with Crippen LogP contribution in [0.4, 0.5) is 0 Å². The summed E-state index contributed by atoms with van der Waals surface area (Å²) in [6, 6.07) is 4.71. The fourth-order valence-electron chi connectivity index (χ4n) is 3.12. The topological polar surface area (TPSA) is 57.5 Å². The number of nitrogens with zero attached hydrogens (tertiary/aromatic N) is 4. The predicted molar refractivity (Wildman–Crippen MR) is 120 cm³/mol. The first kappa shape index (κ1) is 21.2. The molecule has 2 aromatic rings. The number of fused-ring (bicyclic) bond motifs is 1. The second-order valence-corrected chi connectivity index (χ2v) is 7.44. The van der Waals surface area contributed by atoms with E-state index in [-0.39, 0.29) is 24.0 Å². The van der Waals surface area contributed by atoms with Gasteiger partial charge in [0.25, 0.3) is 0 Å². The SMILES string of the molecule is CN=C(NCCCn1cccn1)NCC(C)N1CCc2sccc2C1.I. The van der Waals surface area contributed by atoms with E-state index < -0.39 is 0 Å². The number of rotatable bonds is 7. The third-order valence-electron chi connectivity index (χ3n) is 4.66. The summed E-state index contributed by atoms with van der Waals surface area (Å²) in [5, 5.41) is 13.3. The standard InChI is InChI=1S/C18H28N6S.HI/c1-15(23-11-5-17-16(14-23)6-12-25-17)13-21-18(19-2)20-7-3-9-24-10-4-8-22-24;/h4,6,8,10,12,15H,3,5,7,9,11,13-14H2,1-2H3,(H2,19,20,21);1H. The molecule has 0 spiro atoms. The Morgan fingerprint density at radius 1 is 1.42 bits per heavy atom. The van der Waals surface area contributed by atoms with Crippen LogP contribution in [0.2, 0.25) is 0 Å². The van der Waals surface area contributed by atoms with Gasteiger partial charge in [-0.15, -0.1) is 35.3 Å². The molecule has 2 N–H and O–H groups in total. The average Bonchev–Trinajstić information content (AvgIpc) is 3.31. The number of aliphatic imine (C=N–C) groups is 1. The van der Waals surface area contributed by atoms with Crippen molar-refractivity contribution >= 4 is 41.3 Å². The Balaban J connectivity index is 0.00000243. The highest BCUT2D eigenvalue weighted by molar-refractivity contribution is 14.0. The van der Waals surface area contributed by atoms with Crippen LogP contribution >= 0.6 is 35.3 Å². The summed E-state index contributed by atoms with van der Waals surface area (Å²) in [7, 11) is 1.83. The zero-order chi connectivity index (χ0) is 17.5. The van der Waals surface area contributed by atoms with Crippen LogP contribution in [-0.2, 0) is 19.5 Å². The first-order valence-corrected chi connectivity index (χ1v) is 9.85. The maximum atomic E-state index is 4.32. The highest BCUT2D eigenvalue weighted by Gasteiger charge is 2.21. The Hall–Kier alpha value is -1.13. The molecule has 0 fully saturated rings. The van der Waals surface area contributed by atoms with E-state index in [9.17, 15) is 0 Å². The third kappa shape index (κ3) is 5.95. The molecule has 3 heterocycles. The molecule has 26 heavy (non-hydrogen) atoms. The van der Waals surface area contributed by atoms with Crippen molar-refractivity contribution in [3.63, 3.8) is 0 Å². The molecule has 0 radical (unpaired) electrons. The van der Waals surface area contributed by atoms with Crippen molar-refractivity contribution in [2.24, 2.45) is 4.99 Å². The van der Waals surface area contributed by atoms with Crippen molar-refractivity contribution in [2.75, 3.05) is 26.7 Å². The van der Waals surface area contributed by atoms with Gasteiger partial charge in [-0.2, -0.15) is 5.10 Å². The summed E-state index contributed by atoms with van der Waals surface area (Å²) in [5.74, 6) is 0.876. The lowest BCUT2D eigenvalue weighted by atomic mass is 10.1. The van der Waals surface area contributed by atoms with Gasteiger partial charge in [-0.1, -0.05) is 0 Å². The minimum absolute atomic E-state index is 0. The number of aryl methyl sites for hydroxylation is 1. The van der Waals surface area contributed by atoms with E-state index in [1.54, 1.807) is 4.88 Å². The van der Waals surface area contributed by atoms with Gasteiger partial charge in [0, 0.05) is 63.1 Å². The maximum Gasteiger partial charge on any atom is 0.191 e. The molecule has 8 heteroatoms. The van der Waals surface area contributed by atoms with E-state index in [2.05, 4.69) is 44.0 Å². The monoisotopic (exact) mass is 488 g/mol. The van der Waals surface area contributed by atoms with E-state index >= 15 is 0 Å². The molecule has 0 saturated carbocycles. The van der Waals surface area contributed by atoms with Gasteiger partial charge in [-0.3, -0.25) is 14.6 Å². The molecule has 6 nitrogen and oxygen atoms in total. The first-order chi connectivity index (χ1) is 12.3. The van der Waals surface area contributed by atoms with Crippen LogP contribution < -0.4 is 10.6 Å². The van der Waals surface area contributed by atoms with Crippen molar-refractivity contribution < 1.29 is 0 Å². The van der Waals surface area contributed by atoms with Gasteiger partial charge in [0.15, 0.2) is 5.96 Å². The molecule has 1 atom stereocenters. The Bertz CT molecular complexity index is 669. The first-order valence-electron chi connectivity index (χ1n) is 8.97. The van der Waals surface area contributed by atoms with Crippen LogP contribution in [0.1, 0.15) is 23.8 Å². The highest BCUT2D eigenvalue weighted by atomic mass is 127. The average molecular weight is 488 g/mol. The lowest BCUT2D eigenvalue weighted by molar-refractivity contribution is 0.192. The van der Waals surface area contributed by atoms with Gasteiger partial charge in [0.2, 0.25) is 0 Å². The summed E-state index contributed by atoms with van der Waals surface area (Å²) in [5.41, 5.74) is 1.50. The zero-order valence-electron chi connectivity index (χ0n) is 15.5. The van der Waals surface area contributed by atoms with Crippen molar-refractivity contribution in [3.8, 4) is 0 Å². The molecule has 3 rings (SSSR count). The molecule has 0 saturated heterocycles. The number of aromatic nitrogens is 2. The molecule has 1 unspecified atom stereocenters. The Morgan fingerprint density at radius 3 is 3.08 bits per heavy atom. The normalized spacial score (nSPS) is 15.8. The second-order valence-electron chi connectivity index (χ2n) is 6.44. The molecular formula is C18H29IN6S. The van der Waals surface area contributed by atoms with Crippen LogP contribution in [0.15, 0.2) is 34.9 Å². The molecule has 2 aromatic heterocycles. The van der Waals surface area contributed by atoms with Crippen molar-refractivity contribution in [2.45, 2.75) is 38.9 Å². The summed E-state index contributed by atoms with van der Waals surface area (Å²) in [6.07, 6.45) is 6.00. The zero-order valence-corrected chi connectivity index (χ0v) is 18.7. The lowest BCUT2D eigenvalue weighted by Crippen LogP contribution is -2.47. The second kappa shape index (κ2) is 10.9. The Labute approximate surface area is 177 Å². The highest BCUT2D eigenvalue weighted by Crippen LogP contribution is 2.24. The molecule has 1 aliphatic rings. The Morgan fingerprint density at radius 2 is 2.31 bits per heavy atom. The van der Waals surface area contributed by atoms with Gasteiger partial charge in [0.05, 0.1) is 0 Å². The number of nitrogens with one attached hydrogen (secondary N) is 2. The summed E-state index contributed by atoms with van der Waals surface area (Å²) in [4.78, 5) is 8.43. The quantitative estimate of drug-likeness (QED) is 0.272. The summed E-state index contributed by atoms with van der Waals surface area (Å²) in [6.45, 7) is 7.21. The maximum absolute atomic E-state index is 4.32. The number of hydrogen-bond acceptors (Lipinski definition) is 4. The van der Waals surface area contributed by atoms with Crippen molar-refractivity contribution in [3.05, 3.63) is 40.3 Å².